The Kier molecular flexibility index (Phi) is 6.86. The summed E-state index contributed by atoms with van der Waals surface area (Å²) >= 11 is 0. The molecule has 5 atom stereocenters. The number of esters is 1. The minimum atomic E-state index is -4.16. The first-order valence-electron chi connectivity index (χ1n) is 9.11. The third-order valence-corrected chi connectivity index (χ3v) is 5.91. The third kappa shape index (κ3) is 5.04. The Balaban J connectivity index is 1.69. The largest absolute Gasteiger partial charge is 0.453 e. The summed E-state index contributed by atoms with van der Waals surface area (Å²) in [6.45, 7) is 1.13. The fourth-order valence-electron chi connectivity index (χ4n) is 2.89. The van der Waals surface area contributed by atoms with Crippen molar-refractivity contribution in [3.63, 3.8) is 0 Å². The lowest BCUT2D eigenvalue weighted by Gasteiger charge is -2.39. The number of benzene rings is 2. The molecule has 0 bridgehead atoms. The van der Waals surface area contributed by atoms with E-state index in [4.69, 9.17) is 13.7 Å². The lowest BCUT2D eigenvalue weighted by Crippen LogP contribution is -2.60. The number of aryl methyl sites for hydroxylation is 1. The molecule has 3 rings (SSSR count). The summed E-state index contributed by atoms with van der Waals surface area (Å²) in [5.74, 6) is -0.834. The van der Waals surface area contributed by atoms with Crippen LogP contribution in [0, 0.1) is 6.92 Å². The lowest BCUT2D eigenvalue weighted by atomic mass is 9.99. The van der Waals surface area contributed by atoms with Crippen molar-refractivity contribution in [1.82, 2.24) is 0 Å². The summed E-state index contributed by atoms with van der Waals surface area (Å²) in [4.78, 5) is 12.2. The van der Waals surface area contributed by atoms with Crippen molar-refractivity contribution in [2.24, 2.45) is 0 Å². The molecule has 30 heavy (non-hydrogen) atoms. The summed E-state index contributed by atoms with van der Waals surface area (Å²) in [7, 11) is -4.16. The SMILES string of the molecule is Cc1ccc(S(=O)(=O)OC[C@H]2O[C@H](O)[C@@H](O)[C@@H](OC(=O)c3ccccc3)[C@@H]2O)cc1. The van der Waals surface area contributed by atoms with Gasteiger partial charge in [-0.15, -0.1) is 0 Å². The monoisotopic (exact) mass is 438 g/mol. The van der Waals surface area contributed by atoms with Crippen LogP contribution in [-0.4, -0.2) is 67.0 Å². The van der Waals surface area contributed by atoms with Gasteiger partial charge in [0.2, 0.25) is 0 Å². The van der Waals surface area contributed by atoms with E-state index in [1.165, 1.54) is 24.3 Å². The Morgan fingerprint density at radius 2 is 1.63 bits per heavy atom. The van der Waals surface area contributed by atoms with E-state index in [1.807, 2.05) is 0 Å². The average molecular weight is 438 g/mol. The van der Waals surface area contributed by atoms with E-state index in [1.54, 1.807) is 37.3 Å². The van der Waals surface area contributed by atoms with Gasteiger partial charge in [0.15, 0.2) is 12.4 Å². The van der Waals surface area contributed by atoms with Gasteiger partial charge < -0.3 is 24.8 Å². The number of rotatable bonds is 6. The van der Waals surface area contributed by atoms with Crippen LogP contribution < -0.4 is 0 Å². The van der Waals surface area contributed by atoms with Crippen molar-refractivity contribution >= 4 is 16.1 Å². The Labute approximate surface area is 173 Å². The van der Waals surface area contributed by atoms with Crippen LogP contribution in [0.25, 0.3) is 0 Å². The van der Waals surface area contributed by atoms with Crippen LogP contribution in [0.2, 0.25) is 0 Å². The molecular formula is C20H22O9S. The Morgan fingerprint density at radius 1 is 1.00 bits per heavy atom. The highest BCUT2D eigenvalue weighted by atomic mass is 32.2. The smallest absolute Gasteiger partial charge is 0.338 e. The Morgan fingerprint density at radius 3 is 2.27 bits per heavy atom. The molecule has 1 saturated heterocycles. The van der Waals surface area contributed by atoms with E-state index >= 15 is 0 Å². The molecule has 1 heterocycles. The van der Waals surface area contributed by atoms with E-state index < -0.39 is 53.4 Å². The first-order chi connectivity index (χ1) is 14.2. The maximum Gasteiger partial charge on any atom is 0.338 e. The molecule has 2 aromatic carbocycles. The van der Waals surface area contributed by atoms with Crippen LogP contribution in [0.5, 0.6) is 0 Å². The number of carbonyl (C=O) groups is 1. The molecule has 0 aliphatic carbocycles. The lowest BCUT2D eigenvalue weighted by molar-refractivity contribution is -0.284. The predicted molar refractivity (Wildman–Crippen MR) is 103 cm³/mol. The molecule has 2 aromatic rings. The number of hydrogen-bond donors (Lipinski definition) is 3. The quantitative estimate of drug-likeness (QED) is 0.431. The molecule has 3 N–H and O–H groups in total. The van der Waals surface area contributed by atoms with Gasteiger partial charge >= 0.3 is 5.97 Å². The van der Waals surface area contributed by atoms with Crippen LogP contribution in [0.15, 0.2) is 59.5 Å². The molecule has 9 nitrogen and oxygen atoms in total. The summed E-state index contributed by atoms with van der Waals surface area (Å²) in [6, 6.07) is 13.8. The Bertz CT molecular complexity index is 960. The van der Waals surface area contributed by atoms with E-state index in [9.17, 15) is 28.5 Å². The number of aliphatic hydroxyl groups is 3. The van der Waals surface area contributed by atoms with Crippen LogP contribution >= 0.6 is 0 Å². The minimum Gasteiger partial charge on any atom is -0.453 e. The van der Waals surface area contributed by atoms with Gasteiger partial charge in [-0.1, -0.05) is 35.9 Å². The molecule has 0 saturated carbocycles. The average Bonchev–Trinajstić information content (AvgIpc) is 2.73. The molecule has 1 aliphatic rings. The summed E-state index contributed by atoms with van der Waals surface area (Å²) in [5.41, 5.74) is 1.04. The van der Waals surface area contributed by atoms with E-state index in [2.05, 4.69) is 0 Å². The molecule has 0 unspecified atom stereocenters. The van der Waals surface area contributed by atoms with Gasteiger partial charge in [0.1, 0.15) is 18.3 Å². The maximum atomic E-state index is 12.3. The maximum absolute atomic E-state index is 12.3. The molecular weight excluding hydrogens is 416 g/mol. The van der Waals surface area contributed by atoms with Gasteiger partial charge in [0.25, 0.3) is 10.1 Å². The number of ether oxygens (including phenoxy) is 2. The van der Waals surface area contributed by atoms with Crippen molar-refractivity contribution in [1.29, 1.82) is 0 Å². The highest BCUT2D eigenvalue weighted by Gasteiger charge is 2.47. The van der Waals surface area contributed by atoms with Gasteiger partial charge in [-0.3, -0.25) is 4.18 Å². The second-order valence-corrected chi connectivity index (χ2v) is 8.45. The molecule has 0 spiro atoms. The number of hydrogen-bond acceptors (Lipinski definition) is 9. The zero-order valence-electron chi connectivity index (χ0n) is 16.0. The van der Waals surface area contributed by atoms with Crippen molar-refractivity contribution in [2.75, 3.05) is 6.61 Å². The number of aliphatic hydroxyl groups excluding tert-OH is 3. The van der Waals surface area contributed by atoms with E-state index in [0.717, 1.165) is 5.56 Å². The zero-order valence-corrected chi connectivity index (χ0v) is 16.8. The molecule has 1 aliphatic heterocycles. The first-order valence-corrected chi connectivity index (χ1v) is 10.5. The first kappa shape index (κ1) is 22.3. The summed E-state index contributed by atoms with van der Waals surface area (Å²) < 4.78 is 39.8. The standard InChI is InChI=1S/C20H22O9S/c1-12-7-9-14(10-8-12)30(25,26)27-11-15-16(21)18(17(22)20(24)28-15)29-19(23)13-5-3-2-4-6-13/h2-10,15-18,20-22,24H,11H2,1H3/t15-,16-,17+,18+,20+/m1/s1. The van der Waals surface area contributed by atoms with Crippen molar-refractivity contribution in [3.05, 3.63) is 65.7 Å². The third-order valence-electron chi connectivity index (χ3n) is 4.61. The van der Waals surface area contributed by atoms with Crippen LogP contribution in [0.1, 0.15) is 15.9 Å². The van der Waals surface area contributed by atoms with Gasteiger partial charge in [-0.05, 0) is 31.2 Å². The normalized spacial score (nSPS) is 26.9. The Hall–Kier alpha value is -2.34. The van der Waals surface area contributed by atoms with Crippen LogP contribution in [-0.2, 0) is 23.8 Å². The molecule has 1 fully saturated rings. The molecule has 0 aromatic heterocycles. The van der Waals surface area contributed by atoms with E-state index in [0.29, 0.717) is 0 Å². The van der Waals surface area contributed by atoms with Gasteiger partial charge in [0, 0.05) is 0 Å². The van der Waals surface area contributed by atoms with Crippen molar-refractivity contribution in [2.45, 2.75) is 42.5 Å². The summed E-state index contributed by atoms with van der Waals surface area (Å²) in [6.07, 6.45) is -8.14. The molecule has 10 heteroatoms. The fraction of sp³-hybridized carbons (Fsp3) is 0.350. The van der Waals surface area contributed by atoms with Crippen molar-refractivity contribution < 1.29 is 42.2 Å². The highest BCUT2D eigenvalue weighted by molar-refractivity contribution is 7.86. The van der Waals surface area contributed by atoms with Crippen molar-refractivity contribution in [3.8, 4) is 0 Å². The van der Waals surface area contributed by atoms with Crippen LogP contribution in [0.4, 0.5) is 0 Å². The van der Waals surface area contributed by atoms with Gasteiger partial charge in [-0.25, -0.2) is 4.79 Å². The topological polar surface area (TPSA) is 140 Å². The molecule has 0 amide bonds. The zero-order chi connectivity index (χ0) is 21.9. The fourth-order valence-corrected chi connectivity index (χ4v) is 3.81. The molecule has 162 valence electrons. The highest BCUT2D eigenvalue weighted by Crippen LogP contribution is 2.25. The van der Waals surface area contributed by atoms with E-state index in [-0.39, 0.29) is 10.5 Å². The minimum absolute atomic E-state index is 0.0916. The van der Waals surface area contributed by atoms with Gasteiger partial charge in [-0.2, -0.15) is 8.42 Å². The number of carbonyl (C=O) groups excluding carboxylic acids is 1. The van der Waals surface area contributed by atoms with Gasteiger partial charge in [0.05, 0.1) is 17.1 Å². The second kappa shape index (κ2) is 9.21. The predicted octanol–water partition coefficient (Wildman–Crippen LogP) is 0.365. The second-order valence-electron chi connectivity index (χ2n) is 6.83. The molecule has 0 radical (unpaired) electrons. The van der Waals surface area contributed by atoms with Crippen LogP contribution in [0.3, 0.4) is 0 Å². The summed E-state index contributed by atoms with van der Waals surface area (Å²) in [5, 5.41) is 30.5.